The molecule has 0 amide bonds. The highest BCUT2D eigenvalue weighted by Gasteiger charge is 2.60. The van der Waals surface area contributed by atoms with Crippen molar-refractivity contribution in [2.45, 2.75) is 207 Å². The molecule has 2 nitrogen and oxygen atoms in total. The van der Waals surface area contributed by atoms with Crippen LogP contribution in [0.2, 0.25) is 0 Å². The van der Waals surface area contributed by atoms with E-state index < -0.39 is 0 Å². The van der Waals surface area contributed by atoms with Crippen LogP contribution in [-0.2, 0) is 0 Å². The minimum absolute atomic E-state index is 0.229. The molecular formula is C53H82ClN2+. The predicted octanol–water partition coefficient (Wildman–Crippen LogP) is 14.6. The summed E-state index contributed by atoms with van der Waals surface area (Å²) in [4.78, 5) is 2.99. The Morgan fingerprint density at radius 1 is 0.607 bits per heavy atom. The summed E-state index contributed by atoms with van der Waals surface area (Å²) in [5.41, 5.74) is 6.53. The minimum Gasteiger partial charge on any atom is -0.371 e. The molecule has 2 heterocycles. The topological polar surface area (TPSA) is 6.25 Å². The van der Waals surface area contributed by atoms with E-state index in [9.17, 15) is 0 Å². The fourth-order valence-electron chi connectivity index (χ4n) is 16.2. The molecule has 6 saturated carbocycles. The average molecular weight is 783 g/mol. The molecule has 7 aliphatic carbocycles. The van der Waals surface area contributed by atoms with Gasteiger partial charge < -0.3 is 4.90 Å². The van der Waals surface area contributed by atoms with Crippen LogP contribution in [0.25, 0.3) is 0 Å². The summed E-state index contributed by atoms with van der Waals surface area (Å²) in [5, 5.41) is 1.06. The molecule has 0 radical (unpaired) electrons. The van der Waals surface area contributed by atoms with Crippen LogP contribution in [0.4, 0.5) is 0 Å². The van der Waals surface area contributed by atoms with Crippen molar-refractivity contribution in [3.05, 3.63) is 46.2 Å². The van der Waals surface area contributed by atoms with Crippen molar-refractivity contribution in [3.63, 3.8) is 0 Å². The van der Waals surface area contributed by atoms with Crippen LogP contribution in [0, 0.1) is 58.2 Å². The lowest BCUT2D eigenvalue weighted by molar-refractivity contribution is -0.570. The number of likely N-dealkylation sites (tertiary alicyclic amines) is 1. The van der Waals surface area contributed by atoms with Gasteiger partial charge in [-0.3, -0.25) is 0 Å². The Labute approximate surface area is 349 Å². The summed E-state index contributed by atoms with van der Waals surface area (Å²) in [6, 6.07) is 1.48. The Morgan fingerprint density at radius 2 is 1.21 bits per heavy atom. The van der Waals surface area contributed by atoms with E-state index in [0.29, 0.717) is 0 Å². The van der Waals surface area contributed by atoms with Crippen LogP contribution in [0.5, 0.6) is 0 Å². The van der Waals surface area contributed by atoms with Crippen molar-refractivity contribution < 1.29 is 4.58 Å². The fourth-order valence-corrected chi connectivity index (χ4v) is 16.5. The molecule has 310 valence electrons. The molecule has 9 aliphatic rings. The normalized spacial score (nSPS) is 39.1. The van der Waals surface area contributed by atoms with Crippen LogP contribution in [0.15, 0.2) is 46.2 Å². The first-order chi connectivity index (χ1) is 27.2. The lowest BCUT2D eigenvalue weighted by Gasteiger charge is -2.47. The number of hydrogen-bond acceptors (Lipinski definition) is 1. The van der Waals surface area contributed by atoms with Gasteiger partial charge in [-0.05, 0) is 124 Å². The maximum atomic E-state index is 7.48. The summed E-state index contributed by atoms with van der Waals surface area (Å²) in [7, 11) is 0. The second kappa shape index (κ2) is 17.0. The van der Waals surface area contributed by atoms with Crippen LogP contribution in [0.3, 0.4) is 0 Å². The lowest BCUT2D eigenvalue weighted by atomic mass is 9.57. The summed E-state index contributed by atoms with van der Waals surface area (Å²) >= 11 is 7.48. The molecule has 0 aromatic rings. The molecule has 7 fully saturated rings. The largest absolute Gasteiger partial charge is 0.371 e. The van der Waals surface area contributed by atoms with Gasteiger partial charge in [0.25, 0.3) is 0 Å². The zero-order valence-corrected chi connectivity index (χ0v) is 37.4. The van der Waals surface area contributed by atoms with Crippen LogP contribution in [0.1, 0.15) is 195 Å². The third-order valence-electron chi connectivity index (χ3n) is 18.9. The zero-order valence-electron chi connectivity index (χ0n) is 36.7. The second-order valence-electron chi connectivity index (χ2n) is 22.5. The van der Waals surface area contributed by atoms with Crippen molar-refractivity contribution in [1.29, 1.82) is 0 Å². The van der Waals surface area contributed by atoms with Crippen molar-refractivity contribution in [2.75, 3.05) is 13.1 Å². The van der Waals surface area contributed by atoms with E-state index in [4.69, 9.17) is 11.6 Å². The summed E-state index contributed by atoms with van der Waals surface area (Å²) in [5.74, 6) is 7.30. The van der Waals surface area contributed by atoms with Crippen molar-refractivity contribution in [3.8, 4) is 0 Å². The molecular weight excluding hydrogens is 700 g/mol. The Bertz CT molecular complexity index is 1560. The number of allylic oxidation sites excluding steroid dienone is 8. The van der Waals surface area contributed by atoms with E-state index in [2.05, 4.69) is 61.5 Å². The van der Waals surface area contributed by atoms with E-state index in [1.54, 1.807) is 11.4 Å². The molecule has 0 aromatic heterocycles. The Hall–Kier alpha value is -1.28. The molecule has 2 aliphatic heterocycles. The number of nitrogens with zero attached hydrogens (tertiary/aromatic N) is 2. The van der Waals surface area contributed by atoms with Gasteiger partial charge in [-0.2, -0.15) is 0 Å². The van der Waals surface area contributed by atoms with Gasteiger partial charge >= 0.3 is 0 Å². The summed E-state index contributed by atoms with van der Waals surface area (Å²) in [6.45, 7) is 13.1. The van der Waals surface area contributed by atoms with Gasteiger partial charge in [0.15, 0.2) is 11.8 Å². The Balaban J connectivity index is 0.988. The molecule has 9 rings (SSSR count). The minimum atomic E-state index is 0.229. The predicted molar refractivity (Wildman–Crippen MR) is 238 cm³/mol. The van der Waals surface area contributed by atoms with Crippen molar-refractivity contribution in [1.82, 2.24) is 4.90 Å². The first-order valence-electron chi connectivity index (χ1n) is 25.1. The zero-order chi connectivity index (χ0) is 38.4. The number of hydrogen-bond donors (Lipinski definition) is 0. The van der Waals surface area contributed by atoms with E-state index in [1.165, 1.54) is 178 Å². The monoisotopic (exact) mass is 782 g/mol. The third kappa shape index (κ3) is 7.66. The van der Waals surface area contributed by atoms with Gasteiger partial charge in [0.1, 0.15) is 6.54 Å². The maximum Gasteiger partial charge on any atom is 0.182 e. The van der Waals surface area contributed by atoms with Gasteiger partial charge in [0.2, 0.25) is 0 Å². The molecule has 0 spiro atoms. The molecule has 8 atom stereocenters. The van der Waals surface area contributed by atoms with Crippen molar-refractivity contribution >= 4 is 17.3 Å². The Morgan fingerprint density at radius 3 is 1.91 bits per heavy atom. The number of fused-ring (bicyclic) bond motifs is 6. The van der Waals surface area contributed by atoms with Gasteiger partial charge in [0, 0.05) is 53.6 Å². The van der Waals surface area contributed by atoms with Gasteiger partial charge in [0.05, 0.1) is 5.41 Å². The molecule has 0 bridgehead atoms. The summed E-state index contributed by atoms with van der Waals surface area (Å²) < 4.78 is 2.99. The highest BCUT2D eigenvalue weighted by molar-refractivity contribution is 6.33. The van der Waals surface area contributed by atoms with Gasteiger partial charge in [-0.15, -0.1) is 0 Å². The second-order valence-corrected chi connectivity index (χ2v) is 22.9. The molecule has 56 heavy (non-hydrogen) atoms. The smallest absolute Gasteiger partial charge is 0.182 e. The number of halogens is 1. The Kier molecular flexibility index (Phi) is 12.2. The molecule has 1 saturated heterocycles. The molecule has 3 heteroatoms. The third-order valence-corrected chi connectivity index (χ3v) is 19.4. The number of rotatable bonds is 9. The van der Waals surface area contributed by atoms with Gasteiger partial charge in [-0.25, -0.2) is 4.58 Å². The highest BCUT2D eigenvalue weighted by atomic mass is 35.5. The average Bonchev–Trinajstić information content (AvgIpc) is 3.77. The highest BCUT2D eigenvalue weighted by Crippen LogP contribution is 2.60. The molecule has 0 N–H and O–H groups in total. The first-order valence-corrected chi connectivity index (χ1v) is 25.5. The molecule has 8 unspecified atom stereocenters. The van der Waals surface area contributed by atoms with E-state index in [-0.39, 0.29) is 10.8 Å². The van der Waals surface area contributed by atoms with E-state index >= 15 is 0 Å². The van der Waals surface area contributed by atoms with Gasteiger partial charge in [-0.1, -0.05) is 140 Å². The summed E-state index contributed by atoms with van der Waals surface area (Å²) in [6.07, 6.45) is 47.3. The van der Waals surface area contributed by atoms with E-state index in [1.807, 2.05) is 0 Å². The van der Waals surface area contributed by atoms with Crippen molar-refractivity contribution in [2.24, 2.45) is 58.2 Å². The standard InChI is InChI=1S/C53H82ClN2/c1-52(2)47(55(35-33-37-15-7-5-8-16-37)45-29-25-39-19-11-13-21-43(39)49(45)52)31-27-41-23-24-42(51(41)54)28-32-48-53(3,4)50-44-22-14-12-20-40(44)26-30-46(50)56(48)36-34-38-17-9-6-10-18-38/h27-28,31-32,37-40,43-46,49-50H,5-26,29-30,33-36H2,1-4H3/q+1. The molecule has 0 aromatic carbocycles. The first kappa shape index (κ1) is 40.1. The lowest BCUT2D eigenvalue weighted by Crippen LogP contribution is -2.46. The SMILES string of the molecule is CC1(C)C(/C=C/C2=C(Cl)C(=C/C=C3/N(CCC4CCCCC4)C4CCC5CCCCC5C4C3(C)C)/CC2)=[N+](CCC2CCCCC2)C2CCC3CCCCC3C21. The van der Waals surface area contributed by atoms with Crippen LogP contribution < -0.4 is 0 Å². The maximum absolute atomic E-state index is 7.48. The van der Waals surface area contributed by atoms with Crippen LogP contribution in [-0.4, -0.2) is 40.4 Å². The fraction of sp³-hybridized carbons (Fsp3) is 0.830. The van der Waals surface area contributed by atoms with Crippen LogP contribution >= 0.6 is 11.6 Å². The van der Waals surface area contributed by atoms with E-state index in [0.717, 1.165) is 77.3 Å². The quantitative estimate of drug-likeness (QED) is 0.211.